The lowest BCUT2D eigenvalue weighted by atomic mass is 10.0. The van der Waals surface area contributed by atoms with Crippen molar-refractivity contribution < 1.29 is 23.8 Å². The van der Waals surface area contributed by atoms with Crippen LogP contribution in [-0.2, 0) is 9.53 Å². The van der Waals surface area contributed by atoms with Crippen LogP contribution in [0.1, 0.15) is 48.0 Å². The predicted octanol–water partition coefficient (Wildman–Crippen LogP) is 6.50. The van der Waals surface area contributed by atoms with Crippen LogP contribution in [0.3, 0.4) is 0 Å². The van der Waals surface area contributed by atoms with Gasteiger partial charge in [-0.05, 0) is 48.2 Å². The summed E-state index contributed by atoms with van der Waals surface area (Å²) in [5.74, 6) is -0.229. The van der Waals surface area contributed by atoms with Gasteiger partial charge in [0.2, 0.25) is 0 Å². The molecule has 0 radical (unpaired) electrons. The van der Waals surface area contributed by atoms with E-state index in [2.05, 4.69) is 12.6 Å². The van der Waals surface area contributed by atoms with Crippen molar-refractivity contribution in [1.29, 1.82) is 5.26 Å². The zero-order valence-electron chi connectivity index (χ0n) is 20.2. The van der Waals surface area contributed by atoms with Gasteiger partial charge in [-0.1, -0.05) is 68.3 Å². The number of benzene rings is 3. The third-order valence-corrected chi connectivity index (χ3v) is 5.47. The van der Waals surface area contributed by atoms with Gasteiger partial charge in [-0.25, -0.2) is 9.59 Å². The molecule has 0 aliphatic carbocycles. The first kappa shape index (κ1) is 26.2. The normalized spacial score (nSPS) is 10.2. The average molecular weight is 484 g/mol. The summed E-state index contributed by atoms with van der Waals surface area (Å²) in [6.45, 7) is 4.27. The molecule has 6 nitrogen and oxygen atoms in total. The summed E-state index contributed by atoms with van der Waals surface area (Å²) in [5.41, 5.74) is 2.71. The van der Waals surface area contributed by atoms with Crippen molar-refractivity contribution in [3.63, 3.8) is 0 Å². The van der Waals surface area contributed by atoms with Gasteiger partial charge in [0.05, 0.1) is 24.3 Å². The molecule has 3 aromatic rings. The summed E-state index contributed by atoms with van der Waals surface area (Å²) >= 11 is 0. The molecule has 36 heavy (non-hydrogen) atoms. The van der Waals surface area contributed by atoms with Crippen LogP contribution in [0.5, 0.6) is 11.5 Å². The van der Waals surface area contributed by atoms with Crippen LogP contribution in [0, 0.1) is 11.3 Å². The lowest BCUT2D eigenvalue weighted by molar-refractivity contribution is -0.137. The predicted molar refractivity (Wildman–Crippen MR) is 138 cm³/mol. The standard InChI is InChI=1S/C30H29NO5/c1-2-29(32)35-20-10-5-3-4-9-19-34-27-18-17-26(22-31)28(21-27)36-30(33)25-15-13-24(14-16-25)23-11-7-6-8-12-23/h2,6-8,11-18,21H,1,3-5,9-10,19-20H2. The number of esters is 2. The highest BCUT2D eigenvalue weighted by molar-refractivity contribution is 5.92. The number of rotatable bonds is 13. The van der Waals surface area contributed by atoms with Crippen LogP contribution in [0.4, 0.5) is 0 Å². The molecule has 0 fully saturated rings. The SMILES string of the molecule is C=CC(=O)OCCCCCCCOc1ccc(C#N)c(OC(=O)c2ccc(-c3ccccc3)cc2)c1. The molecular formula is C30H29NO5. The van der Waals surface area contributed by atoms with E-state index in [1.807, 2.05) is 42.5 Å². The largest absolute Gasteiger partial charge is 0.493 e. The second-order valence-corrected chi connectivity index (χ2v) is 8.09. The van der Waals surface area contributed by atoms with Crippen molar-refractivity contribution in [3.8, 4) is 28.7 Å². The number of ether oxygens (including phenoxy) is 3. The third kappa shape index (κ3) is 8.14. The molecule has 0 aliphatic rings. The summed E-state index contributed by atoms with van der Waals surface area (Å²) in [4.78, 5) is 23.7. The Hall–Kier alpha value is -4.37. The van der Waals surface area contributed by atoms with Crippen LogP contribution in [0.2, 0.25) is 0 Å². The fraction of sp³-hybridized carbons (Fsp3) is 0.233. The van der Waals surface area contributed by atoms with Gasteiger partial charge in [-0.15, -0.1) is 0 Å². The van der Waals surface area contributed by atoms with Crippen LogP contribution in [0.15, 0.2) is 85.5 Å². The van der Waals surface area contributed by atoms with Gasteiger partial charge >= 0.3 is 11.9 Å². The van der Waals surface area contributed by atoms with E-state index in [1.165, 1.54) is 0 Å². The minimum atomic E-state index is -0.540. The third-order valence-electron chi connectivity index (χ3n) is 5.47. The number of hydrogen-bond donors (Lipinski definition) is 0. The molecule has 0 saturated carbocycles. The number of carbonyl (C=O) groups is 2. The first-order valence-corrected chi connectivity index (χ1v) is 11.9. The van der Waals surface area contributed by atoms with E-state index in [9.17, 15) is 14.9 Å². The molecule has 0 aliphatic heterocycles. The molecule has 3 rings (SSSR count). The van der Waals surface area contributed by atoms with E-state index in [0.29, 0.717) is 24.5 Å². The second kappa shape index (κ2) is 14.1. The van der Waals surface area contributed by atoms with Gasteiger partial charge in [0, 0.05) is 12.1 Å². The fourth-order valence-electron chi connectivity index (χ4n) is 3.51. The van der Waals surface area contributed by atoms with Gasteiger partial charge < -0.3 is 14.2 Å². The second-order valence-electron chi connectivity index (χ2n) is 8.09. The van der Waals surface area contributed by atoms with Crippen molar-refractivity contribution in [3.05, 3.63) is 96.6 Å². The van der Waals surface area contributed by atoms with E-state index in [0.717, 1.165) is 49.3 Å². The minimum absolute atomic E-state index is 0.168. The van der Waals surface area contributed by atoms with Crippen molar-refractivity contribution in [1.82, 2.24) is 0 Å². The van der Waals surface area contributed by atoms with E-state index in [-0.39, 0.29) is 11.3 Å². The molecule has 0 saturated heterocycles. The zero-order chi connectivity index (χ0) is 25.6. The monoisotopic (exact) mass is 483 g/mol. The first-order valence-electron chi connectivity index (χ1n) is 11.9. The molecule has 0 aromatic heterocycles. The number of hydrogen-bond acceptors (Lipinski definition) is 6. The molecule has 0 bridgehead atoms. The van der Waals surface area contributed by atoms with Gasteiger partial charge in [-0.2, -0.15) is 5.26 Å². The number of nitriles is 1. The highest BCUT2D eigenvalue weighted by atomic mass is 16.5. The quantitative estimate of drug-likeness (QED) is 0.119. The Morgan fingerprint density at radius 3 is 2.19 bits per heavy atom. The summed E-state index contributed by atoms with van der Waals surface area (Å²) in [5, 5.41) is 9.42. The average Bonchev–Trinajstić information content (AvgIpc) is 2.92. The Balaban J connectivity index is 1.47. The summed E-state index contributed by atoms with van der Waals surface area (Å²) in [6.07, 6.45) is 5.79. The van der Waals surface area contributed by atoms with E-state index in [1.54, 1.807) is 30.3 Å². The van der Waals surface area contributed by atoms with Gasteiger partial charge in [0.25, 0.3) is 0 Å². The molecule has 0 atom stereocenters. The topological polar surface area (TPSA) is 85.6 Å². The number of carbonyl (C=O) groups excluding carboxylic acids is 2. The van der Waals surface area contributed by atoms with Gasteiger partial charge in [0.15, 0.2) is 5.75 Å². The highest BCUT2D eigenvalue weighted by Gasteiger charge is 2.13. The smallest absolute Gasteiger partial charge is 0.343 e. The molecular weight excluding hydrogens is 454 g/mol. The van der Waals surface area contributed by atoms with Crippen LogP contribution >= 0.6 is 0 Å². The minimum Gasteiger partial charge on any atom is -0.493 e. The Kier molecular flexibility index (Phi) is 10.3. The summed E-state index contributed by atoms with van der Waals surface area (Å²) in [7, 11) is 0. The Labute approximate surface area is 211 Å². The van der Waals surface area contributed by atoms with E-state index >= 15 is 0 Å². The first-order chi connectivity index (χ1) is 17.6. The molecule has 184 valence electrons. The van der Waals surface area contributed by atoms with E-state index < -0.39 is 11.9 Å². The van der Waals surface area contributed by atoms with Gasteiger partial charge in [-0.3, -0.25) is 0 Å². The number of nitrogens with zero attached hydrogens (tertiary/aromatic N) is 1. The van der Waals surface area contributed by atoms with Crippen molar-refractivity contribution in [2.45, 2.75) is 32.1 Å². The van der Waals surface area contributed by atoms with Crippen molar-refractivity contribution in [2.24, 2.45) is 0 Å². The molecule has 6 heteroatoms. The maximum atomic E-state index is 12.7. The lowest BCUT2D eigenvalue weighted by Gasteiger charge is -2.10. The molecule has 0 N–H and O–H groups in total. The summed E-state index contributed by atoms with van der Waals surface area (Å²) in [6, 6.07) is 23.9. The summed E-state index contributed by atoms with van der Waals surface area (Å²) < 4.78 is 16.3. The van der Waals surface area contributed by atoms with Crippen molar-refractivity contribution in [2.75, 3.05) is 13.2 Å². The maximum absolute atomic E-state index is 12.7. The molecule has 0 unspecified atom stereocenters. The van der Waals surface area contributed by atoms with Crippen molar-refractivity contribution >= 4 is 11.9 Å². The Morgan fingerprint density at radius 1 is 0.833 bits per heavy atom. The lowest BCUT2D eigenvalue weighted by Crippen LogP contribution is -2.09. The maximum Gasteiger partial charge on any atom is 0.343 e. The van der Waals surface area contributed by atoms with E-state index in [4.69, 9.17) is 14.2 Å². The highest BCUT2D eigenvalue weighted by Crippen LogP contribution is 2.26. The molecule has 0 spiro atoms. The van der Waals surface area contributed by atoms with Gasteiger partial charge in [0.1, 0.15) is 11.8 Å². The Morgan fingerprint density at radius 2 is 1.50 bits per heavy atom. The molecule has 0 amide bonds. The fourth-order valence-corrected chi connectivity index (χ4v) is 3.51. The zero-order valence-corrected chi connectivity index (χ0v) is 20.2. The Bertz CT molecular complexity index is 1200. The van der Waals surface area contributed by atoms with Crippen LogP contribution in [0.25, 0.3) is 11.1 Å². The van der Waals surface area contributed by atoms with Crippen LogP contribution < -0.4 is 9.47 Å². The molecule has 0 heterocycles. The van der Waals surface area contributed by atoms with Crippen LogP contribution in [-0.4, -0.2) is 25.2 Å². The molecule has 3 aromatic carbocycles. The number of unbranched alkanes of at least 4 members (excludes halogenated alkanes) is 4.